The van der Waals surface area contributed by atoms with Crippen molar-refractivity contribution < 1.29 is 4.39 Å². The number of nitrogens with zero attached hydrogens (tertiary/aromatic N) is 1. The van der Waals surface area contributed by atoms with Crippen molar-refractivity contribution in [2.24, 2.45) is 11.7 Å². The van der Waals surface area contributed by atoms with Gasteiger partial charge in [-0.2, -0.15) is 0 Å². The van der Waals surface area contributed by atoms with E-state index in [0.717, 1.165) is 18.7 Å². The van der Waals surface area contributed by atoms with Crippen molar-refractivity contribution in [1.29, 1.82) is 0 Å². The van der Waals surface area contributed by atoms with Gasteiger partial charge in [0.15, 0.2) is 0 Å². The lowest BCUT2D eigenvalue weighted by Gasteiger charge is -2.39. The van der Waals surface area contributed by atoms with Gasteiger partial charge in [-0.3, -0.25) is 4.90 Å². The number of rotatable bonds is 5. The Morgan fingerprint density at radius 3 is 2.80 bits per heavy atom. The van der Waals surface area contributed by atoms with Gasteiger partial charge >= 0.3 is 0 Å². The summed E-state index contributed by atoms with van der Waals surface area (Å²) < 4.78 is 13.5. The molecule has 4 heteroatoms. The first-order valence-electron chi connectivity index (χ1n) is 7.54. The standard InChI is InChI=1S/C16H24ClFN2/c1-2-20(15-9-4-3-6-12(15)10-19)11-13-7-5-8-14(18)16(13)17/h5,7-8,12,15H,2-4,6,9-11,19H2,1H3. The first-order valence-corrected chi connectivity index (χ1v) is 7.92. The average Bonchev–Trinajstić information content (AvgIpc) is 2.49. The maximum atomic E-state index is 13.5. The fourth-order valence-corrected chi connectivity index (χ4v) is 3.48. The van der Waals surface area contributed by atoms with Crippen molar-refractivity contribution in [2.75, 3.05) is 13.1 Å². The molecule has 1 saturated carbocycles. The molecule has 0 aromatic heterocycles. The van der Waals surface area contributed by atoms with Gasteiger partial charge in [-0.15, -0.1) is 0 Å². The molecule has 112 valence electrons. The van der Waals surface area contributed by atoms with E-state index in [4.69, 9.17) is 17.3 Å². The Hall–Kier alpha value is -0.640. The molecule has 0 amide bonds. The van der Waals surface area contributed by atoms with Gasteiger partial charge in [0.05, 0.1) is 5.02 Å². The van der Waals surface area contributed by atoms with Crippen molar-refractivity contribution in [3.05, 3.63) is 34.6 Å². The normalized spacial score (nSPS) is 23.2. The highest BCUT2D eigenvalue weighted by molar-refractivity contribution is 6.31. The third kappa shape index (κ3) is 3.51. The first kappa shape index (κ1) is 15.7. The third-order valence-electron chi connectivity index (χ3n) is 4.45. The van der Waals surface area contributed by atoms with Crippen molar-refractivity contribution in [1.82, 2.24) is 4.90 Å². The molecule has 2 unspecified atom stereocenters. The molecule has 0 aliphatic heterocycles. The molecular weight excluding hydrogens is 275 g/mol. The first-order chi connectivity index (χ1) is 9.67. The van der Waals surface area contributed by atoms with E-state index < -0.39 is 0 Å². The van der Waals surface area contributed by atoms with E-state index in [-0.39, 0.29) is 10.8 Å². The highest BCUT2D eigenvalue weighted by Crippen LogP contribution is 2.30. The lowest BCUT2D eigenvalue weighted by atomic mass is 9.83. The summed E-state index contributed by atoms with van der Waals surface area (Å²) in [6.45, 7) is 4.52. The van der Waals surface area contributed by atoms with Gasteiger partial charge in [-0.05, 0) is 43.5 Å². The Morgan fingerprint density at radius 1 is 1.35 bits per heavy atom. The Balaban J connectivity index is 2.13. The molecule has 2 nitrogen and oxygen atoms in total. The number of hydrogen-bond donors (Lipinski definition) is 1. The van der Waals surface area contributed by atoms with Gasteiger partial charge in [-0.25, -0.2) is 4.39 Å². The van der Waals surface area contributed by atoms with Crippen LogP contribution in [0, 0.1) is 11.7 Å². The molecule has 0 radical (unpaired) electrons. The Morgan fingerprint density at radius 2 is 2.10 bits per heavy atom. The Labute approximate surface area is 126 Å². The minimum atomic E-state index is -0.334. The second kappa shape index (κ2) is 7.39. The summed E-state index contributed by atoms with van der Waals surface area (Å²) in [5.74, 6) is 0.218. The average molecular weight is 299 g/mol. The van der Waals surface area contributed by atoms with Crippen LogP contribution in [0.2, 0.25) is 5.02 Å². The number of halogens is 2. The minimum Gasteiger partial charge on any atom is -0.330 e. The van der Waals surface area contributed by atoms with Crippen molar-refractivity contribution in [3.8, 4) is 0 Å². The zero-order valence-electron chi connectivity index (χ0n) is 12.1. The number of benzene rings is 1. The Kier molecular flexibility index (Phi) is 5.82. The summed E-state index contributed by atoms with van der Waals surface area (Å²) in [7, 11) is 0. The van der Waals surface area contributed by atoms with E-state index >= 15 is 0 Å². The van der Waals surface area contributed by atoms with E-state index in [0.29, 0.717) is 18.5 Å². The molecule has 0 bridgehead atoms. The predicted octanol–water partition coefficient (Wildman–Crippen LogP) is 3.82. The van der Waals surface area contributed by atoms with Crippen molar-refractivity contribution >= 4 is 11.6 Å². The second-order valence-corrected chi connectivity index (χ2v) is 6.00. The fourth-order valence-electron chi connectivity index (χ4n) is 3.30. The fraction of sp³-hybridized carbons (Fsp3) is 0.625. The van der Waals surface area contributed by atoms with Crippen molar-refractivity contribution in [2.45, 2.75) is 45.2 Å². The van der Waals surface area contributed by atoms with Crippen LogP contribution in [0.5, 0.6) is 0 Å². The van der Waals surface area contributed by atoms with Crippen LogP contribution in [0.15, 0.2) is 18.2 Å². The molecule has 1 fully saturated rings. The summed E-state index contributed by atoms with van der Waals surface area (Å²) in [5.41, 5.74) is 6.79. The Bertz CT molecular complexity index is 438. The number of hydrogen-bond acceptors (Lipinski definition) is 2. The predicted molar refractivity (Wildman–Crippen MR) is 82.3 cm³/mol. The van der Waals surface area contributed by atoms with E-state index in [1.165, 1.54) is 31.7 Å². The van der Waals surface area contributed by atoms with Gasteiger partial charge in [0.1, 0.15) is 5.82 Å². The lowest BCUT2D eigenvalue weighted by molar-refractivity contribution is 0.105. The van der Waals surface area contributed by atoms with E-state index in [1.54, 1.807) is 6.07 Å². The third-order valence-corrected chi connectivity index (χ3v) is 4.88. The van der Waals surface area contributed by atoms with Crippen LogP contribution >= 0.6 is 11.6 Å². The second-order valence-electron chi connectivity index (χ2n) is 5.62. The van der Waals surface area contributed by atoms with E-state index in [9.17, 15) is 4.39 Å². The smallest absolute Gasteiger partial charge is 0.142 e. The van der Waals surface area contributed by atoms with Crippen molar-refractivity contribution in [3.63, 3.8) is 0 Å². The highest BCUT2D eigenvalue weighted by Gasteiger charge is 2.28. The molecule has 0 heterocycles. The van der Waals surface area contributed by atoms with Gasteiger partial charge in [0, 0.05) is 12.6 Å². The van der Waals surface area contributed by atoms with Gasteiger partial charge in [0.25, 0.3) is 0 Å². The van der Waals surface area contributed by atoms with Crippen LogP contribution in [0.3, 0.4) is 0 Å². The summed E-state index contributed by atoms with van der Waals surface area (Å²) in [5, 5.41) is 0.256. The molecular formula is C16H24ClFN2. The molecule has 1 aromatic rings. The molecule has 2 rings (SSSR count). The minimum absolute atomic E-state index is 0.256. The molecule has 1 aliphatic rings. The highest BCUT2D eigenvalue weighted by atomic mass is 35.5. The summed E-state index contributed by atoms with van der Waals surface area (Å²) >= 11 is 6.08. The van der Waals surface area contributed by atoms with E-state index in [2.05, 4.69) is 11.8 Å². The molecule has 0 saturated heterocycles. The van der Waals surface area contributed by atoms with Crippen LogP contribution in [-0.2, 0) is 6.54 Å². The quantitative estimate of drug-likeness (QED) is 0.895. The van der Waals surface area contributed by atoms with Crippen LogP contribution in [0.1, 0.15) is 38.2 Å². The van der Waals surface area contributed by atoms with Crippen LogP contribution in [0.4, 0.5) is 4.39 Å². The largest absolute Gasteiger partial charge is 0.330 e. The van der Waals surface area contributed by atoms with Gasteiger partial charge < -0.3 is 5.73 Å². The molecule has 1 aromatic carbocycles. The summed E-state index contributed by atoms with van der Waals surface area (Å²) in [4.78, 5) is 2.40. The molecule has 2 N–H and O–H groups in total. The zero-order valence-corrected chi connectivity index (χ0v) is 12.9. The lowest BCUT2D eigenvalue weighted by Crippen LogP contribution is -2.44. The van der Waals surface area contributed by atoms with Gasteiger partial charge in [-0.1, -0.05) is 43.5 Å². The van der Waals surface area contributed by atoms with Crippen LogP contribution < -0.4 is 5.73 Å². The maximum absolute atomic E-state index is 13.5. The molecule has 0 spiro atoms. The van der Waals surface area contributed by atoms with Crippen LogP contribution in [-0.4, -0.2) is 24.0 Å². The maximum Gasteiger partial charge on any atom is 0.142 e. The monoisotopic (exact) mass is 298 g/mol. The van der Waals surface area contributed by atoms with Crippen LogP contribution in [0.25, 0.3) is 0 Å². The zero-order chi connectivity index (χ0) is 14.5. The summed E-state index contributed by atoms with van der Waals surface area (Å²) in [6.07, 6.45) is 4.92. The number of nitrogens with two attached hydrogens (primary N) is 1. The topological polar surface area (TPSA) is 29.3 Å². The summed E-state index contributed by atoms with van der Waals surface area (Å²) in [6, 6.07) is 5.55. The molecule has 1 aliphatic carbocycles. The van der Waals surface area contributed by atoms with E-state index in [1.807, 2.05) is 6.07 Å². The molecule has 2 atom stereocenters. The molecule has 20 heavy (non-hydrogen) atoms. The van der Waals surface area contributed by atoms with Gasteiger partial charge in [0.2, 0.25) is 0 Å². The SMILES string of the molecule is CCN(Cc1cccc(F)c1Cl)C1CCCCC1CN.